The Morgan fingerprint density at radius 3 is 2.50 bits per heavy atom. The molecule has 0 fully saturated rings. The van der Waals surface area contributed by atoms with Crippen molar-refractivity contribution in [3.8, 4) is 11.8 Å². The Morgan fingerprint density at radius 1 is 1.31 bits per heavy atom. The molecule has 1 nitrogen and oxygen atoms in total. The first-order chi connectivity index (χ1) is 7.53. The maximum absolute atomic E-state index is 10.1. The number of hydrogen-bond acceptors (Lipinski definition) is 1. The van der Waals surface area contributed by atoms with E-state index in [1.807, 2.05) is 30.3 Å². The second kappa shape index (κ2) is 5.72. The van der Waals surface area contributed by atoms with Gasteiger partial charge in [0.2, 0.25) is 0 Å². The molecule has 0 aliphatic rings. The van der Waals surface area contributed by atoms with E-state index in [0.29, 0.717) is 5.92 Å². The van der Waals surface area contributed by atoms with E-state index < -0.39 is 5.60 Å². The Kier molecular flexibility index (Phi) is 4.58. The van der Waals surface area contributed by atoms with E-state index in [2.05, 4.69) is 25.7 Å². The molecule has 0 spiro atoms. The third-order valence-electron chi connectivity index (χ3n) is 2.69. The second-order valence-electron chi connectivity index (χ2n) is 4.61. The molecular weight excluding hydrogens is 196 g/mol. The van der Waals surface area contributed by atoms with Crippen LogP contribution in [-0.2, 0) is 0 Å². The zero-order valence-corrected chi connectivity index (χ0v) is 10.3. The summed E-state index contributed by atoms with van der Waals surface area (Å²) in [5.41, 5.74) is 0.0672. The summed E-state index contributed by atoms with van der Waals surface area (Å²) in [7, 11) is 0. The van der Waals surface area contributed by atoms with Gasteiger partial charge in [-0.1, -0.05) is 50.3 Å². The minimum atomic E-state index is -0.884. The lowest BCUT2D eigenvalue weighted by Crippen LogP contribution is -2.24. The van der Waals surface area contributed by atoms with Crippen LogP contribution in [0.25, 0.3) is 0 Å². The van der Waals surface area contributed by atoms with E-state index in [-0.39, 0.29) is 0 Å². The van der Waals surface area contributed by atoms with E-state index in [0.717, 1.165) is 18.4 Å². The topological polar surface area (TPSA) is 20.2 Å². The van der Waals surface area contributed by atoms with Crippen molar-refractivity contribution in [2.75, 3.05) is 0 Å². The van der Waals surface area contributed by atoms with Gasteiger partial charge < -0.3 is 5.11 Å². The predicted molar refractivity (Wildman–Crippen MR) is 68.0 cm³/mol. The molecule has 0 bridgehead atoms. The summed E-state index contributed by atoms with van der Waals surface area (Å²) >= 11 is 0. The van der Waals surface area contributed by atoms with Gasteiger partial charge in [0.25, 0.3) is 0 Å². The number of rotatable bonds is 3. The lowest BCUT2D eigenvalue weighted by molar-refractivity contribution is 0.0939. The molecule has 0 heterocycles. The van der Waals surface area contributed by atoms with Crippen molar-refractivity contribution in [2.24, 2.45) is 5.92 Å². The van der Waals surface area contributed by atoms with Gasteiger partial charge in [-0.25, -0.2) is 0 Å². The van der Waals surface area contributed by atoms with Crippen LogP contribution in [0.1, 0.15) is 39.2 Å². The SMILES string of the molecule is CCC(C)CC(C)(O)C#Cc1ccccc1. The van der Waals surface area contributed by atoms with Gasteiger partial charge in [-0.2, -0.15) is 0 Å². The van der Waals surface area contributed by atoms with Crippen molar-refractivity contribution in [2.45, 2.75) is 39.2 Å². The number of benzene rings is 1. The molecule has 86 valence electrons. The highest BCUT2D eigenvalue weighted by Crippen LogP contribution is 2.18. The van der Waals surface area contributed by atoms with E-state index in [9.17, 15) is 5.11 Å². The molecular formula is C15H20O. The molecule has 1 N–H and O–H groups in total. The summed E-state index contributed by atoms with van der Waals surface area (Å²) in [6.07, 6.45) is 1.80. The molecule has 16 heavy (non-hydrogen) atoms. The largest absolute Gasteiger partial charge is 0.378 e. The van der Waals surface area contributed by atoms with Crippen LogP contribution in [0.2, 0.25) is 0 Å². The van der Waals surface area contributed by atoms with E-state index in [1.165, 1.54) is 0 Å². The van der Waals surface area contributed by atoms with Gasteiger partial charge >= 0.3 is 0 Å². The number of hydrogen-bond donors (Lipinski definition) is 1. The Balaban J connectivity index is 2.69. The normalized spacial score (nSPS) is 15.8. The van der Waals surface area contributed by atoms with Gasteiger partial charge in [-0.05, 0) is 31.4 Å². The summed E-state index contributed by atoms with van der Waals surface area (Å²) in [4.78, 5) is 0. The van der Waals surface area contributed by atoms with Gasteiger partial charge in [-0.3, -0.25) is 0 Å². The molecule has 1 rings (SSSR count). The zero-order valence-electron chi connectivity index (χ0n) is 10.3. The minimum absolute atomic E-state index is 0.500. The molecule has 0 radical (unpaired) electrons. The molecule has 1 aromatic rings. The molecule has 0 aliphatic carbocycles. The molecule has 2 unspecified atom stereocenters. The smallest absolute Gasteiger partial charge is 0.123 e. The molecule has 0 amide bonds. The van der Waals surface area contributed by atoms with Crippen molar-refractivity contribution < 1.29 is 5.11 Å². The fourth-order valence-corrected chi connectivity index (χ4v) is 1.60. The fraction of sp³-hybridized carbons (Fsp3) is 0.467. The highest BCUT2D eigenvalue weighted by Gasteiger charge is 2.19. The molecule has 0 aromatic heterocycles. The Bertz CT molecular complexity index is 367. The van der Waals surface area contributed by atoms with E-state index >= 15 is 0 Å². The first-order valence-corrected chi connectivity index (χ1v) is 5.84. The Hall–Kier alpha value is -1.26. The third kappa shape index (κ3) is 4.51. The van der Waals surface area contributed by atoms with Crippen molar-refractivity contribution in [1.29, 1.82) is 0 Å². The molecule has 1 heteroatoms. The summed E-state index contributed by atoms with van der Waals surface area (Å²) in [6, 6.07) is 9.77. The first kappa shape index (κ1) is 12.8. The van der Waals surface area contributed by atoms with Crippen molar-refractivity contribution in [1.82, 2.24) is 0 Å². The monoisotopic (exact) mass is 216 g/mol. The average Bonchev–Trinajstić information content (AvgIpc) is 2.27. The number of aliphatic hydroxyl groups is 1. The van der Waals surface area contributed by atoms with Crippen LogP contribution in [0.15, 0.2) is 30.3 Å². The summed E-state index contributed by atoms with van der Waals surface area (Å²) in [5, 5.41) is 10.1. The lowest BCUT2D eigenvalue weighted by atomic mass is 9.92. The molecule has 0 aliphatic heterocycles. The standard InChI is InChI=1S/C15H20O/c1-4-13(2)12-15(3,16)11-10-14-8-6-5-7-9-14/h5-9,13,16H,4,12H2,1-3H3. The third-order valence-corrected chi connectivity index (χ3v) is 2.69. The molecule has 2 atom stereocenters. The van der Waals surface area contributed by atoms with Crippen LogP contribution in [0.3, 0.4) is 0 Å². The average molecular weight is 216 g/mol. The van der Waals surface area contributed by atoms with Crippen molar-refractivity contribution >= 4 is 0 Å². The van der Waals surface area contributed by atoms with Crippen LogP contribution in [0.4, 0.5) is 0 Å². The molecule has 0 saturated heterocycles. The fourth-order valence-electron chi connectivity index (χ4n) is 1.60. The van der Waals surface area contributed by atoms with Gasteiger partial charge in [0, 0.05) is 5.56 Å². The van der Waals surface area contributed by atoms with Crippen LogP contribution in [-0.4, -0.2) is 10.7 Å². The Morgan fingerprint density at radius 2 is 1.94 bits per heavy atom. The minimum Gasteiger partial charge on any atom is -0.378 e. The zero-order chi connectivity index (χ0) is 12.0. The van der Waals surface area contributed by atoms with E-state index in [1.54, 1.807) is 6.92 Å². The summed E-state index contributed by atoms with van der Waals surface area (Å²) in [5.74, 6) is 6.46. The maximum Gasteiger partial charge on any atom is 0.123 e. The van der Waals surface area contributed by atoms with Gasteiger partial charge in [0.05, 0.1) is 0 Å². The van der Waals surface area contributed by atoms with Gasteiger partial charge in [0.15, 0.2) is 0 Å². The summed E-state index contributed by atoms with van der Waals surface area (Å²) in [6.45, 7) is 6.05. The second-order valence-corrected chi connectivity index (χ2v) is 4.61. The highest BCUT2D eigenvalue weighted by atomic mass is 16.3. The van der Waals surface area contributed by atoms with Crippen LogP contribution in [0, 0.1) is 17.8 Å². The quantitative estimate of drug-likeness (QED) is 0.769. The highest BCUT2D eigenvalue weighted by molar-refractivity contribution is 5.35. The van der Waals surface area contributed by atoms with Crippen molar-refractivity contribution in [3.05, 3.63) is 35.9 Å². The van der Waals surface area contributed by atoms with Crippen LogP contribution >= 0.6 is 0 Å². The van der Waals surface area contributed by atoms with Crippen LogP contribution < -0.4 is 0 Å². The molecule has 0 saturated carbocycles. The van der Waals surface area contributed by atoms with E-state index in [4.69, 9.17) is 0 Å². The van der Waals surface area contributed by atoms with Gasteiger partial charge in [0.1, 0.15) is 5.60 Å². The maximum atomic E-state index is 10.1. The van der Waals surface area contributed by atoms with Crippen molar-refractivity contribution in [3.63, 3.8) is 0 Å². The summed E-state index contributed by atoms with van der Waals surface area (Å²) < 4.78 is 0. The first-order valence-electron chi connectivity index (χ1n) is 5.84. The molecule has 1 aromatic carbocycles. The Labute approximate surface area is 98.5 Å². The van der Waals surface area contributed by atoms with Crippen LogP contribution in [0.5, 0.6) is 0 Å². The van der Waals surface area contributed by atoms with Gasteiger partial charge in [-0.15, -0.1) is 0 Å². The predicted octanol–water partition coefficient (Wildman–Crippen LogP) is 3.23. The lowest BCUT2D eigenvalue weighted by Gasteiger charge is -2.20.